The first-order valence-corrected chi connectivity index (χ1v) is 8.67. The minimum absolute atomic E-state index is 0.0127. The number of pyridine rings is 1. The summed E-state index contributed by atoms with van der Waals surface area (Å²) in [6, 6.07) is 10.7. The lowest BCUT2D eigenvalue weighted by Gasteiger charge is -2.37. The van der Waals surface area contributed by atoms with Crippen LogP contribution < -0.4 is 15.1 Å². The Labute approximate surface area is 147 Å². The molecule has 1 fully saturated rings. The van der Waals surface area contributed by atoms with Crippen LogP contribution in [0.1, 0.15) is 19.8 Å². The van der Waals surface area contributed by atoms with Crippen molar-refractivity contribution in [3.8, 4) is 0 Å². The Kier molecular flexibility index (Phi) is 5.48. The van der Waals surface area contributed by atoms with Crippen LogP contribution in [-0.4, -0.2) is 37.1 Å². The standard InChI is InChI=1S/C19H23FN4O/c1-2-5-19(25)22-18-9-8-15(14-21-18)23-10-12-24(13-11-23)17-7-4-3-6-16(17)20/h3-4,6-9,14H,2,5,10-13H2,1H3,(H,21,22,25). The topological polar surface area (TPSA) is 48.5 Å². The molecule has 2 heterocycles. The molecule has 3 rings (SSSR count). The second-order valence-electron chi connectivity index (χ2n) is 6.13. The maximum atomic E-state index is 13.9. The third kappa shape index (κ3) is 4.26. The minimum Gasteiger partial charge on any atom is -0.367 e. The number of nitrogens with zero attached hydrogens (tertiary/aromatic N) is 3. The lowest BCUT2D eigenvalue weighted by Crippen LogP contribution is -2.46. The molecule has 1 aromatic carbocycles. The van der Waals surface area contributed by atoms with Crippen LogP contribution in [0.2, 0.25) is 0 Å². The van der Waals surface area contributed by atoms with Gasteiger partial charge in [0.1, 0.15) is 11.6 Å². The van der Waals surface area contributed by atoms with Crippen LogP contribution in [0.15, 0.2) is 42.6 Å². The fourth-order valence-corrected chi connectivity index (χ4v) is 2.99. The number of anilines is 3. The highest BCUT2D eigenvalue weighted by Gasteiger charge is 2.19. The number of para-hydroxylation sites is 1. The zero-order chi connectivity index (χ0) is 17.6. The molecule has 5 nitrogen and oxygen atoms in total. The van der Waals surface area contributed by atoms with Gasteiger partial charge in [-0.05, 0) is 30.7 Å². The first-order valence-electron chi connectivity index (χ1n) is 8.67. The average molecular weight is 342 g/mol. The first kappa shape index (κ1) is 17.2. The van der Waals surface area contributed by atoms with E-state index in [0.29, 0.717) is 17.9 Å². The maximum Gasteiger partial charge on any atom is 0.225 e. The second-order valence-corrected chi connectivity index (χ2v) is 6.13. The van der Waals surface area contributed by atoms with Gasteiger partial charge in [0.05, 0.1) is 17.6 Å². The van der Waals surface area contributed by atoms with Gasteiger partial charge in [-0.3, -0.25) is 4.79 Å². The van der Waals surface area contributed by atoms with Gasteiger partial charge < -0.3 is 15.1 Å². The van der Waals surface area contributed by atoms with Crippen molar-refractivity contribution in [2.45, 2.75) is 19.8 Å². The van der Waals surface area contributed by atoms with Crippen molar-refractivity contribution in [1.29, 1.82) is 0 Å². The van der Waals surface area contributed by atoms with E-state index >= 15 is 0 Å². The summed E-state index contributed by atoms with van der Waals surface area (Å²) in [7, 11) is 0. The number of aromatic nitrogens is 1. The van der Waals surface area contributed by atoms with Crippen molar-refractivity contribution in [3.63, 3.8) is 0 Å². The molecule has 2 aromatic rings. The van der Waals surface area contributed by atoms with Crippen molar-refractivity contribution < 1.29 is 9.18 Å². The van der Waals surface area contributed by atoms with E-state index in [0.717, 1.165) is 38.3 Å². The van der Waals surface area contributed by atoms with Crippen LogP contribution in [0.4, 0.5) is 21.6 Å². The molecule has 1 N–H and O–H groups in total. The molecular weight excluding hydrogens is 319 g/mol. The van der Waals surface area contributed by atoms with Gasteiger partial charge in [0, 0.05) is 32.6 Å². The quantitative estimate of drug-likeness (QED) is 0.906. The molecule has 25 heavy (non-hydrogen) atoms. The molecule has 0 spiro atoms. The van der Waals surface area contributed by atoms with Gasteiger partial charge >= 0.3 is 0 Å². The number of benzene rings is 1. The van der Waals surface area contributed by atoms with Gasteiger partial charge in [0.2, 0.25) is 5.91 Å². The van der Waals surface area contributed by atoms with Gasteiger partial charge in [0.15, 0.2) is 0 Å². The molecule has 0 unspecified atom stereocenters. The molecule has 0 atom stereocenters. The fraction of sp³-hybridized carbons (Fsp3) is 0.368. The summed E-state index contributed by atoms with van der Waals surface area (Å²) < 4.78 is 13.9. The summed E-state index contributed by atoms with van der Waals surface area (Å²) in [5.74, 6) is 0.387. The third-order valence-corrected chi connectivity index (χ3v) is 4.33. The summed E-state index contributed by atoms with van der Waals surface area (Å²) in [6.45, 7) is 5.10. The molecule has 0 bridgehead atoms. The molecular formula is C19H23FN4O. The molecule has 6 heteroatoms. The van der Waals surface area contributed by atoms with E-state index in [1.807, 2.05) is 31.2 Å². The Morgan fingerprint density at radius 1 is 1.12 bits per heavy atom. The molecule has 0 radical (unpaired) electrons. The second kappa shape index (κ2) is 7.96. The van der Waals surface area contributed by atoms with E-state index in [4.69, 9.17) is 0 Å². The van der Waals surface area contributed by atoms with Crippen molar-refractivity contribution in [2.24, 2.45) is 0 Å². The van der Waals surface area contributed by atoms with Crippen LogP contribution in [0.5, 0.6) is 0 Å². The third-order valence-electron chi connectivity index (χ3n) is 4.33. The number of halogens is 1. The van der Waals surface area contributed by atoms with Gasteiger partial charge in [-0.25, -0.2) is 9.37 Å². The van der Waals surface area contributed by atoms with Crippen LogP contribution >= 0.6 is 0 Å². The summed E-state index contributed by atoms with van der Waals surface area (Å²) in [4.78, 5) is 20.2. The van der Waals surface area contributed by atoms with Gasteiger partial charge in [-0.15, -0.1) is 0 Å². The average Bonchev–Trinajstić information content (AvgIpc) is 2.63. The summed E-state index contributed by atoms with van der Waals surface area (Å²) in [5, 5.41) is 2.79. The summed E-state index contributed by atoms with van der Waals surface area (Å²) in [5.41, 5.74) is 1.68. The Morgan fingerprint density at radius 2 is 1.84 bits per heavy atom. The Morgan fingerprint density at radius 3 is 2.48 bits per heavy atom. The van der Waals surface area contributed by atoms with Crippen molar-refractivity contribution in [3.05, 3.63) is 48.4 Å². The minimum atomic E-state index is -0.176. The lowest BCUT2D eigenvalue weighted by atomic mass is 10.2. The Hall–Kier alpha value is -2.63. The van der Waals surface area contributed by atoms with Crippen molar-refractivity contribution in [1.82, 2.24) is 4.98 Å². The molecule has 0 aliphatic carbocycles. The number of nitrogens with one attached hydrogen (secondary N) is 1. The first-order chi connectivity index (χ1) is 12.2. The Bertz CT molecular complexity index is 712. The lowest BCUT2D eigenvalue weighted by molar-refractivity contribution is -0.116. The molecule has 1 aliphatic heterocycles. The van der Waals surface area contributed by atoms with E-state index in [1.54, 1.807) is 12.3 Å². The summed E-state index contributed by atoms with van der Waals surface area (Å²) >= 11 is 0. The van der Waals surface area contributed by atoms with Crippen LogP contribution in [0.25, 0.3) is 0 Å². The zero-order valence-electron chi connectivity index (χ0n) is 14.4. The van der Waals surface area contributed by atoms with Crippen LogP contribution in [-0.2, 0) is 4.79 Å². The molecule has 1 aliphatic rings. The molecule has 1 aromatic heterocycles. The number of rotatable bonds is 5. The predicted octanol–water partition coefficient (Wildman–Crippen LogP) is 3.29. The summed E-state index contributed by atoms with van der Waals surface area (Å²) in [6.07, 6.45) is 3.10. The monoisotopic (exact) mass is 342 g/mol. The normalized spacial score (nSPS) is 14.5. The zero-order valence-corrected chi connectivity index (χ0v) is 14.4. The highest BCUT2D eigenvalue weighted by atomic mass is 19.1. The van der Waals surface area contributed by atoms with E-state index in [-0.39, 0.29) is 11.7 Å². The number of hydrogen-bond donors (Lipinski definition) is 1. The number of amides is 1. The van der Waals surface area contributed by atoms with E-state index < -0.39 is 0 Å². The van der Waals surface area contributed by atoms with Crippen LogP contribution in [0.3, 0.4) is 0 Å². The highest BCUT2D eigenvalue weighted by molar-refractivity contribution is 5.89. The van der Waals surface area contributed by atoms with Crippen molar-refractivity contribution >= 4 is 23.1 Å². The molecule has 0 saturated carbocycles. The maximum absolute atomic E-state index is 13.9. The molecule has 1 amide bonds. The Balaban J connectivity index is 1.58. The van der Waals surface area contributed by atoms with Gasteiger partial charge in [-0.1, -0.05) is 19.1 Å². The number of hydrogen-bond acceptors (Lipinski definition) is 4. The number of carbonyl (C=O) groups excluding carboxylic acids is 1. The predicted molar refractivity (Wildman–Crippen MR) is 98.6 cm³/mol. The van der Waals surface area contributed by atoms with Gasteiger partial charge in [-0.2, -0.15) is 0 Å². The van der Waals surface area contributed by atoms with E-state index in [9.17, 15) is 9.18 Å². The highest BCUT2D eigenvalue weighted by Crippen LogP contribution is 2.23. The largest absolute Gasteiger partial charge is 0.367 e. The molecule has 132 valence electrons. The van der Waals surface area contributed by atoms with E-state index in [1.165, 1.54) is 6.07 Å². The SMILES string of the molecule is CCCC(=O)Nc1ccc(N2CCN(c3ccccc3F)CC2)cn1. The van der Waals surface area contributed by atoms with Gasteiger partial charge in [0.25, 0.3) is 0 Å². The number of piperazine rings is 1. The molecule has 1 saturated heterocycles. The smallest absolute Gasteiger partial charge is 0.225 e. The number of carbonyl (C=O) groups is 1. The van der Waals surface area contributed by atoms with Crippen molar-refractivity contribution in [2.75, 3.05) is 41.3 Å². The van der Waals surface area contributed by atoms with E-state index in [2.05, 4.69) is 20.1 Å². The fourth-order valence-electron chi connectivity index (χ4n) is 2.99. The van der Waals surface area contributed by atoms with Crippen LogP contribution in [0, 0.1) is 5.82 Å².